The van der Waals surface area contributed by atoms with Gasteiger partial charge in [-0.25, -0.2) is 4.39 Å². The third-order valence-corrected chi connectivity index (χ3v) is 2.94. The van der Waals surface area contributed by atoms with E-state index < -0.39 is 0 Å². The molecular formula is C16H15FN2O2. The second-order valence-electron chi connectivity index (χ2n) is 4.58. The van der Waals surface area contributed by atoms with Crippen molar-refractivity contribution in [1.82, 2.24) is 0 Å². The second kappa shape index (κ2) is 6.25. The van der Waals surface area contributed by atoms with Crippen molar-refractivity contribution < 1.29 is 13.9 Å². The minimum Gasteiger partial charge on any atom is -0.497 e. The molecule has 5 heteroatoms. The fraction of sp³-hybridized carbons (Fsp3) is 0.188. The number of halogens is 1. The summed E-state index contributed by atoms with van der Waals surface area (Å²) in [6, 6.07) is 10.6. The van der Waals surface area contributed by atoms with E-state index in [1.54, 1.807) is 25.1 Å². The zero-order valence-electron chi connectivity index (χ0n) is 11.8. The Labute approximate surface area is 122 Å². The van der Waals surface area contributed by atoms with E-state index in [0.29, 0.717) is 28.4 Å². The normalized spacial score (nSPS) is 11.6. The van der Waals surface area contributed by atoms with Crippen molar-refractivity contribution >= 4 is 0 Å². The molecule has 0 heterocycles. The van der Waals surface area contributed by atoms with Gasteiger partial charge in [0.25, 0.3) is 0 Å². The predicted molar refractivity (Wildman–Crippen MR) is 76.8 cm³/mol. The number of nitrogens with zero attached hydrogens (tertiary/aromatic N) is 1. The van der Waals surface area contributed by atoms with Crippen LogP contribution in [0.15, 0.2) is 36.4 Å². The van der Waals surface area contributed by atoms with Gasteiger partial charge in [-0.1, -0.05) is 0 Å². The quantitative estimate of drug-likeness (QED) is 0.933. The van der Waals surface area contributed by atoms with Gasteiger partial charge in [-0.2, -0.15) is 5.26 Å². The number of nitrogens with two attached hydrogens (primary N) is 1. The third-order valence-electron chi connectivity index (χ3n) is 2.94. The Morgan fingerprint density at radius 2 is 1.90 bits per heavy atom. The number of benzene rings is 2. The Hall–Kier alpha value is -2.58. The molecule has 108 valence electrons. The Morgan fingerprint density at radius 3 is 2.52 bits per heavy atom. The SMILES string of the molecule is COc1cc(C#N)cc(Oc2ccc(F)cc2[C@@H](C)N)c1. The van der Waals surface area contributed by atoms with Crippen LogP contribution in [0.25, 0.3) is 0 Å². The number of rotatable bonds is 4. The number of methoxy groups -OCH3 is 1. The van der Waals surface area contributed by atoms with Crippen LogP contribution in [0, 0.1) is 17.1 Å². The molecule has 0 aliphatic rings. The van der Waals surface area contributed by atoms with E-state index in [1.807, 2.05) is 6.07 Å². The molecule has 0 aromatic heterocycles. The average molecular weight is 286 g/mol. The van der Waals surface area contributed by atoms with Crippen molar-refractivity contribution in [3.8, 4) is 23.3 Å². The summed E-state index contributed by atoms with van der Waals surface area (Å²) in [5.74, 6) is 1.01. The lowest BCUT2D eigenvalue weighted by Crippen LogP contribution is -2.07. The first-order valence-electron chi connectivity index (χ1n) is 6.35. The minimum absolute atomic E-state index is 0.377. The van der Waals surface area contributed by atoms with Crippen molar-refractivity contribution in [3.63, 3.8) is 0 Å². The van der Waals surface area contributed by atoms with Gasteiger partial charge >= 0.3 is 0 Å². The molecule has 4 nitrogen and oxygen atoms in total. The zero-order valence-corrected chi connectivity index (χ0v) is 11.8. The molecule has 2 aromatic rings. The molecule has 2 aromatic carbocycles. The van der Waals surface area contributed by atoms with Gasteiger partial charge in [-0.05, 0) is 37.3 Å². The molecule has 0 bridgehead atoms. The van der Waals surface area contributed by atoms with Crippen molar-refractivity contribution in [3.05, 3.63) is 53.3 Å². The summed E-state index contributed by atoms with van der Waals surface area (Å²) in [6.07, 6.45) is 0. The van der Waals surface area contributed by atoms with Crippen molar-refractivity contribution in [2.24, 2.45) is 5.73 Å². The summed E-state index contributed by atoms with van der Waals surface area (Å²) in [7, 11) is 1.51. The van der Waals surface area contributed by atoms with E-state index in [9.17, 15) is 4.39 Å². The van der Waals surface area contributed by atoms with Gasteiger partial charge in [0.2, 0.25) is 0 Å². The maximum absolute atomic E-state index is 13.3. The smallest absolute Gasteiger partial charge is 0.132 e. The molecule has 2 N–H and O–H groups in total. The Balaban J connectivity index is 2.41. The van der Waals surface area contributed by atoms with E-state index in [0.717, 1.165) is 0 Å². The summed E-state index contributed by atoms with van der Waals surface area (Å²) in [5.41, 5.74) is 6.79. The topological polar surface area (TPSA) is 68.3 Å². The highest BCUT2D eigenvalue weighted by Gasteiger charge is 2.11. The van der Waals surface area contributed by atoms with Crippen molar-refractivity contribution in [2.75, 3.05) is 7.11 Å². The molecular weight excluding hydrogens is 271 g/mol. The lowest BCUT2D eigenvalue weighted by atomic mass is 10.1. The number of ether oxygens (including phenoxy) is 2. The first kappa shape index (κ1) is 14.8. The van der Waals surface area contributed by atoms with Crippen molar-refractivity contribution in [1.29, 1.82) is 5.26 Å². The molecule has 0 saturated heterocycles. The third kappa shape index (κ3) is 3.50. The Morgan fingerprint density at radius 1 is 1.19 bits per heavy atom. The van der Waals surface area contributed by atoms with Crippen LogP contribution >= 0.6 is 0 Å². The largest absolute Gasteiger partial charge is 0.497 e. The maximum Gasteiger partial charge on any atom is 0.132 e. The van der Waals surface area contributed by atoms with Crippen LogP contribution in [0.4, 0.5) is 4.39 Å². The minimum atomic E-state index is -0.378. The molecule has 0 unspecified atom stereocenters. The summed E-state index contributed by atoms with van der Waals surface area (Å²) in [4.78, 5) is 0. The van der Waals surface area contributed by atoms with Crippen LogP contribution in [0.1, 0.15) is 24.1 Å². The first-order valence-corrected chi connectivity index (χ1v) is 6.35. The van der Waals surface area contributed by atoms with E-state index in [4.69, 9.17) is 20.5 Å². The summed E-state index contributed by atoms with van der Waals surface area (Å²) in [5, 5.41) is 9.00. The van der Waals surface area contributed by atoms with Gasteiger partial charge in [0.05, 0.1) is 18.7 Å². The summed E-state index contributed by atoms with van der Waals surface area (Å²) in [6.45, 7) is 1.74. The molecule has 0 amide bonds. The number of nitriles is 1. The molecule has 0 spiro atoms. The van der Waals surface area contributed by atoms with Crippen LogP contribution in [-0.4, -0.2) is 7.11 Å². The maximum atomic E-state index is 13.3. The molecule has 0 radical (unpaired) electrons. The van der Waals surface area contributed by atoms with Gasteiger partial charge in [0.1, 0.15) is 23.1 Å². The monoisotopic (exact) mass is 286 g/mol. The first-order chi connectivity index (χ1) is 10.0. The molecule has 1 atom stereocenters. The molecule has 21 heavy (non-hydrogen) atoms. The van der Waals surface area contributed by atoms with Crippen LogP contribution in [0.5, 0.6) is 17.2 Å². The highest BCUT2D eigenvalue weighted by Crippen LogP contribution is 2.32. The zero-order chi connectivity index (χ0) is 15.4. The van der Waals surface area contributed by atoms with E-state index in [2.05, 4.69) is 0 Å². The van der Waals surface area contributed by atoms with Crippen LogP contribution in [-0.2, 0) is 0 Å². The predicted octanol–water partition coefficient (Wildman–Crippen LogP) is 3.52. The van der Waals surface area contributed by atoms with Crippen LogP contribution in [0.3, 0.4) is 0 Å². The lowest BCUT2D eigenvalue weighted by Gasteiger charge is -2.14. The van der Waals surface area contributed by atoms with Crippen LogP contribution in [0.2, 0.25) is 0 Å². The Bertz CT molecular complexity index is 693. The van der Waals surface area contributed by atoms with Gasteiger partial charge in [-0.3, -0.25) is 0 Å². The average Bonchev–Trinajstić information content (AvgIpc) is 2.48. The highest BCUT2D eigenvalue weighted by molar-refractivity contribution is 5.47. The summed E-state index contributed by atoms with van der Waals surface area (Å²) >= 11 is 0. The molecule has 0 aliphatic heterocycles. The van der Waals surface area contributed by atoms with Crippen molar-refractivity contribution in [2.45, 2.75) is 13.0 Å². The fourth-order valence-corrected chi connectivity index (χ4v) is 1.91. The molecule has 0 saturated carbocycles. The summed E-state index contributed by atoms with van der Waals surface area (Å²) < 4.78 is 24.2. The lowest BCUT2D eigenvalue weighted by molar-refractivity contribution is 0.408. The van der Waals surface area contributed by atoms with E-state index >= 15 is 0 Å². The van der Waals surface area contributed by atoms with Crippen LogP contribution < -0.4 is 15.2 Å². The fourth-order valence-electron chi connectivity index (χ4n) is 1.91. The van der Waals surface area contributed by atoms with Gasteiger partial charge < -0.3 is 15.2 Å². The molecule has 0 aliphatic carbocycles. The van der Waals surface area contributed by atoms with E-state index in [1.165, 1.54) is 25.3 Å². The second-order valence-corrected chi connectivity index (χ2v) is 4.58. The number of hydrogen-bond donors (Lipinski definition) is 1. The van der Waals surface area contributed by atoms with Gasteiger partial charge in [0, 0.05) is 17.7 Å². The van der Waals surface area contributed by atoms with E-state index in [-0.39, 0.29) is 11.9 Å². The number of hydrogen-bond acceptors (Lipinski definition) is 4. The molecule has 2 rings (SSSR count). The molecule has 0 fully saturated rings. The standard InChI is InChI=1S/C16H15FN2O2/c1-10(19)15-7-12(17)3-4-16(15)21-14-6-11(9-18)5-13(8-14)20-2/h3-8,10H,19H2,1-2H3/t10-/m1/s1. The van der Waals surface area contributed by atoms with Gasteiger partial charge in [0.15, 0.2) is 0 Å². The van der Waals surface area contributed by atoms with Gasteiger partial charge in [-0.15, -0.1) is 0 Å². The Kier molecular flexibility index (Phi) is 4.41. The highest BCUT2D eigenvalue weighted by atomic mass is 19.1.